The Labute approximate surface area is 299 Å². The number of rotatable bonds is 37. The third kappa shape index (κ3) is 27.5. The lowest BCUT2D eigenvalue weighted by Gasteiger charge is -2.33. The highest BCUT2D eigenvalue weighted by atomic mass is 16.3. The second-order valence-corrected chi connectivity index (χ2v) is 14.9. The van der Waals surface area contributed by atoms with E-state index in [0.717, 1.165) is 64.3 Å². The number of nitrogens with zero attached hydrogens (tertiary/aromatic N) is 1. The van der Waals surface area contributed by atoms with Gasteiger partial charge in [-0.05, 0) is 97.7 Å². The van der Waals surface area contributed by atoms with E-state index < -0.39 is 11.6 Å². The fourth-order valence-corrected chi connectivity index (χ4v) is 6.50. The van der Waals surface area contributed by atoms with Crippen LogP contribution >= 0.6 is 0 Å². The van der Waals surface area contributed by atoms with E-state index in [4.69, 9.17) is 5.73 Å². The maximum absolute atomic E-state index is 13.4. The van der Waals surface area contributed by atoms with Crippen molar-refractivity contribution in [3.8, 4) is 0 Å². The molecule has 0 radical (unpaired) electrons. The molecule has 0 aliphatic rings. The first-order valence-corrected chi connectivity index (χ1v) is 20.8. The van der Waals surface area contributed by atoms with Crippen molar-refractivity contribution in [3.63, 3.8) is 0 Å². The largest absolute Gasteiger partial charge is 0.383 e. The number of hydrogen-bond acceptors (Lipinski definition) is 5. The van der Waals surface area contributed by atoms with Crippen molar-refractivity contribution in [2.24, 2.45) is 5.73 Å². The second kappa shape index (κ2) is 34.2. The Morgan fingerprint density at radius 2 is 0.917 bits per heavy atom. The molecule has 0 aromatic rings. The Balaban J connectivity index is 4.28. The van der Waals surface area contributed by atoms with Crippen molar-refractivity contribution in [2.75, 3.05) is 20.6 Å². The molecule has 0 spiro atoms. The number of nitrogens with two attached hydrogens (primary N) is 1. The molecular weight excluding hydrogens is 592 g/mol. The molecule has 0 heterocycles. The predicted octanol–water partition coefficient (Wildman–Crippen LogP) is 11.6. The van der Waals surface area contributed by atoms with Gasteiger partial charge in [-0.1, -0.05) is 141 Å². The van der Waals surface area contributed by atoms with Gasteiger partial charge in [0.05, 0.1) is 0 Å². The highest BCUT2D eigenvalue weighted by molar-refractivity contribution is 5.97. The topological polar surface area (TPSA) is 83.6 Å². The summed E-state index contributed by atoms with van der Waals surface area (Å²) in [5.74, 6) is -0.415. The van der Waals surface area contributed by atoms with Crippen molar-refractivity contribution in [3.05, 3.63) is 24.3 Å². The van der Waals surface area contributed by atoms with Crippen LogP contribution in [0, 0.1) is 0 Å². The average Bonchev–Trinajstić information content (AvgIpc) is 3.07. The highest BCUT2D eigenvalue weighted by Crippen LogP contribution is 2.23. The van der Waals surface area contributed by atoms with Crippen LogP contribution < -0.4 is 5.73 Å². The number of aliphatic hydroxyl groups is 1. The van der Waals surface area contributed by atoms with Crippen LogP contribution in [0.2, 0.25) is 0 Å². The van der Waals surface area contributed by atoms with Gasteiger partial charge >= 0.3 is 0 Å². The third-order valence-electron chi connectivity index (χ3n) is 9.86. The minimum Gasteiger partial charge on any atom is -0.383 e. The highest BCUT2D eigenvalue weighted by Gasteiger charge is 2.43. The third-order valence-corrected chi connectivity index (χ3v) is 9.86. The van der Waals surface area contributed by atoms with Crippen LogP contribution in [0.15, 0.2) is 24.3 Å². The number of carbonyl (C=O) groups excluding carboxylic acids is 2. The van der Waals surface area contributed by atoms with E-state index in [0.29, 0.717) is 25.7 Å². The lowest BCUT2D eigenvalue weighted by molar-refractivity contribution is -0.140. The van der Waals surface area contributed by atoms with Crippen molar-refractivity contribution in [2.45, 2.75) is 218 Å². The van der Waals surface area contributed by atoms with Gasteiger partial charge in [0.15, 0.2) is 11.6 Å². The van der Waals surface area contributed by atoms with E-state index >= 15 is 0 Å². The summed E-state index contributed by atoms with van der Waals surface area (Å²) >= 11 is 0. The molecule has 0 amide bonds. The van der Waals surface area contributed by atoms with E-state index in [1.165, 1.54) is 109 Å². The lowest BCUT2D eigenvalue weighted by atomic mass is 9.79. The monoisotopic (exact) mass is 675 g/mol. The summed E-state index contributed by atoms with van der Waals surface area (Å²) in [6.45, 7) is 5.30. The van der Waals surface area contributed by atoms with Gasteiger partial charge in [-0.25, -0.2) is 0 Å². The van der Waals surface area contributed by atoms with Crippen LogP contribution in [0.5, 0.6) is 0 Å². The van der Waals surface area contributed by atoms with Crippen molar-refractivity contribution in [1.29, 1.82) is 0 Å². The first kappa shape index (κ1) is 46.7. The normalized spacial score (nSPS) is 14.0. The summed E-state index contributed by atoms with van der Waals surface area (Å²) in [6, 6.07) is 0. The average molecular weight is 675 g/mol. The maximum atomic E-state index is 13.4. The Hall–Kier alpha value is -1.30. The Morgan fingerprint density at radius 3 is 1.31 bits per heavy atom. The molecule has 5 heteroatoms. The summed E-state index contributed by atoms with van der Waals surface area (Å²) in [5, 5.41) is 11.1. The molecule has 0 aromatic heterocycles. The van der Waals surface area contributed by atoms with E-state index in [1.807, 2.05) is 19.0 Å². The van der Waals surface area contributed by atoms with Gasteiger partial charge in [0, 0.05) is 12.8 Å². The number of ketones is 2. The first-order valence-electron chi connectivity index (χ1n) is 20.8. The van der Waals surface area contributed by atoms with Gasteiger partial charge in [0.25, 0.3) is 0 Å². The van der Waals surface area contributed by atoms with E-state index in [9.17, 15) is 14.7 Å². The standard InChI is InChI=1S/C43H82N2O3/c1-5-7-9-11-13-15-17-19-21-23-25-27-29-31-33-36-40(46)42(48)43(44,38-35-39-45(3)4)41(47)37-34-32-30-28-26-24-22-20-18-16-14-12-10-8-6-2/h19-22,42,48H,5-18,23-39,44H2,1-4H3/b21-19-,22-20-. The van der Waals surface area contributed by atoms with Crippen molar-refractivity contribution in [1.82, 2.24) is 4.90 Å². The Bertz CT molecular complexity index is 793. The Kier molecular flexibility index (Phi) is 33.2. The van der Waals surface area contributed by atoms with Crippen LogP contribution in [0.4, 0.5) is 0 Å². The number of carbonyl (C=O) groups is 2. The SMILES string of the molecule is CCCCCCCC/C=C\CCCCCCCC(=O)C(O)C(N)(CCCN(C)C)C(=O)CCCCCCC/C=C\CCCCCCCC. The molecule has 0 aromatic carbocycles. The van der Waals surface area contributed by atoms with Crippen LogP contribution in [0.25, 0.3) is 0 Å². The zero-order valence-corrected chi connectivity index (χ0v) is 32.6. The van der Waals surface area contributed by atoms with Crippen LogP contribution in [0.1, 0.15) is 206 Å². The number of allylic oxidation sites excluding steroid dienone is 4. The second-order valence-electron chi connectivity index (χ2n) is 14.9. The number of aliphatic hydroxyl groups excluding tert-OH is 1. The quantitative estimate of drug-likeness (QED) is 0.0506. The van der Waals surface area contributed by atoms with Gasteiger partial charge in [-0.15, -0.1) is 0 Å². The van der Waals surface area contributed by atoms with E-state index in [1.54, 1.807) is 0 Å². The molecule has 0 fully saturated rings. The molecular formula is C43H82N2O3. The van der Waals surface area contributed by atoms with E-state index in [-0.39, 0.29) is 11.6 Å². The molecule has 2 unspecified atom stereocenters. The summed E-state index contributed by atoms with van der Waals surface area (Å²) in [5.41, 5.74) is 5.16. The van der Waals surface area contributed by atoms with Crippen LogP contribution in [-0.4, -0.2) is 53.9 Å². The summed E-state index contributed by atoms with van der Waals surface area (Å²) in [7, 11) is 3.97. The maximum Gasteiger partial charge on any atom is 0.163 e. The van der Waals surface area contributed by atoms with Gasteiger partial charge in [0.1, 0.15) is 11.6 Å². The minimum atomic E-state index is -1.48. The van der Waals surface area contributed by atoms with Gasteiger partial charge in [-0.2, -0.15) is 0 Å². The fourth-order valence-electron chi connectivity index (χ4n) is 6.50. The summed E-state index contributed by atoms with van der Waals surface area (Å²) in [4.78, 5) is 28.4. The lowest BCUT2D eigenvalue weighted by Crippen LogP contribution is -2.60. The molecule has 48 heavy (non-hydrogen) atoms. The number of unbranched alkanes of at least 4 members (excludes halogenated alkanes) is 22. The summed E-state index contributed by atoms with van der Waals surface area (Å²) in [6.07, 6.45) is 40.9. The molecule has 5 nitrogen and oxygen atoms in total. The zero-order chi connectivity index (χ0) is 35.6. The predicted molar refractivity (Wildman–Crippen MR) is 210 cm³/mol. The summed E-state index contributed by atoms with van der Waals surface area (Å²) < 4.78 is 0. The first-order chi connectivity index (χ1) is 23.3. The van der Waals surface area contributed by atoms with Crippen LogP contribution in [0.3, 0.4) is 0 Å². The molecule has 2 atom stereocenters. The molecule has 0 bridgehead atoms. The van der Waals surface area contributed by atoms with Crippen LogP contribution in [-0.2, 0) is 9.59 Å². The molecule has 282 valence electrons. The van der Waals surface area contributed by atoms with Gasteiger partial charge < -0.3 is 15.7 Å². The molecule has 0 aliphatic heterocycles. The van der Waals surface area contributed by atoms with E-state index in [2.05, 4.69) is 38.2 Å². The fraction of sp³-hybridized carbons (Fsp3) is 0.860. The molecule has 0 saturated carbocycles. The van der Waals surface area contributed by atoms with Gasteiger partial charge in [0.2, 0.25) is 0 Å². The van der Waals surface area contributed by atoms with Crippen molar-refractivity contribution < 1.29 is 14.7 Å². The molecule has 3 N–H and O–H groups in total. The Morgan fingerprint density at radius 1 is 0.562 bits per heavy atom. The minimum absolute atomic E-state index is 0.149. The van der Waals surface area contributed by atoms with Crippen molar-refractivity contribution >= 4 is 11.6 Å². The molecule has 0 aliphatic carbocycles. The number of Topliss-reactive ketones (excluding diaryl/α,β-unsaturated/α-hetero) is 2. The zero-order valence-electron chi connectivity index (χ0n) is 32.6. The molecule has 0 saturated heterocycles. The smallest absolute Gasteiger partial charge is 0.163 e. The molecule has 0 rings (SSSR count). The van der Waals surface area contributed by atoms with Gasteiger partial charge in [-0.3, -0.25) is 9.59 Å². The number of hydrogen-bond donors (Lipinski definition) is 2.